The Morgan fingerprint density at radius 1 is 0.559 bits per heavy atom. The second kappa shape index (κ2) is 22.6. The summed E-state index contributed by atoms with van der Waals surface area (Å²) in [6.45, 7) is 0. The molecule has 0 spiro atoms. The first kappa shape index (κ1) is 30.4. The highest BCUT2D eigenvalue weighted by Crippen LogP contribution is 2.06. The fourth-order valence-electron chi connectivity index (χ4n) is 2.81. The van der Waals surface area contributed by atoms with Crippen LogP contribution in [0.4, 0.5) is 0 Å². The summed E-state index contributed by atoms with van der Waals surface area (Å²) in [5, 5.41) is 0. The number of allylic oxidation sites excluding steroid dienone is 4. The lowest BCUT2D eigenvalue weighted by Crippen LogP contribution is -2.00. The maximum Gasteiger partial charge on any atom is 0.228 e. The van der Waals surface area contributed by atoms with Gasteiger partial charge in [0.25, 0.3) is 0 Å². The third-order valence-corrected chi connectivity index (χ3v) is 4.70. The van der Waals surface area contributed by atoms with Gasteiger partial charge in [0, 0.05) is 25.7 Å². The van der Waals surface area contributed by atoms with Crippen LogP contribution in [0.2, 0.25) is 0 Å². The zero-order chi connectivity index (χ0) is 25.3. The SMILES string of the molecule is C#CC(=O)C=CCCCCCCC#CC(=O)CCC(=O)C#CCCCCCCC=CC(=O)C#C. The summed E-state index contributed by atoms with van der Waals surface area (Å²) in [5.74, 6) is 13.9. The van der Waals surface area contributed by atoms with Crippen molar-refractivity contribution in [1.82, 2.24) is 0 Å². The number of unbranched alkanes of at least 4 members (excludes halogenated alkanes) is 10. The van der Waals surface area contributed by atoms with Gasteiger partial charge in [-0.3, -0.25) is 19.2 Å². The number of hydrogen-bond donors (Lipinski definition) is 0. The average molecular weight is 459 g/mol. The average Bonchev–Trinajstić information content (AvgIpc) is 2.84. The first-order valence-electron chi connectivity index (χ1n) is 11.9. The summed E-state index contributed by atoms with van der Waals surface area (Å²) < 4.78 is 0. The van der Waals surface area contributed by atoms with Crippen molar-refractivity contribution in [2.75, 3.05) is 0 Å². The second-order valence-electron chi connectivity index (χ2n) is 7.68. The van der Waals surface area contributed by atoms with Crippen molar-refractivity contribution in [3.05, 3.63) is 24.3 Å². The Kier molecular flexibility index (Phi) is 20.2. The molecule has 178 valence electrons. The van der Waals surface area contributed by atoms with E-state index in [9.17, 15) is 19.2 Å². The first-order valence-corrected chi connectivity index (χ1v) is 11.9. The molecule has 0 atom stereocenters. The van der Waals surface area contributed by atoms with E-state index in [0.717, 1.165) is 64.2 Å². The number of ketones is 4. The zero-order valence-corrected chi connectivity index (χ0v) is 20.0. The molecule has 0 saturated carbocycles. The van der Waals surface area contributed by atoms with Gasteiger partial charge < -0.3 is 0 Å². The van der Waals surface area contributed by atoms with E-state index in [4.69, 9.17) is 12.8 Å². The lowest BCUT2D eigenvalue weighted by atomic mass is 10.1. The second-order valence-corrected chi connectivity index (χ2v) is 7.68. The van der Waals surface area contributed by atoms with Crippen molar-refractivity contribution in [1.29, 1.82) is 0 Å². The molecule has 0 aromatic heterocycles. The summed E-state index contributed by atoms with van der Waals surface area (Å²) in [6.07, 6.45) is 27.4. The van der Waals surface area contributed by atoms with Crippen LogP contribution in [0, 0.1) is 48.4 Å². The molecular weight excluding hydrogens is 424 g/mol. The van der Waals surface area contributed by atoms with Crippen molar-refractivity contribution >= 4 is 23.1 Å². The van der Waals surface area contributed by atoms with Gasteiger partial charge in [0.2, 0.25) is 23.1 Å². The van der Waals surface area contributed by atoms with Crippen molar-refractivity contribution in [2.24, 2.45) is 0 Å². The molecule has 0 N–H and O–H groups in total. The van der Waals surface area contributed by atoms with Gasteiger partial charge in [-0.15, -0.1) is 12.8 Å². The molecule has 0 radical (unpaired) electrons. The largest absolute Gasteiger partial charge is 0.285 e. The van der Waals surface area contributed by atoms with Crippen molar-refractivity contribution in [3.63, 3.8) is 0 Å². The third-order valence-electron chi connectivity index (χ3n) is 4.70. The monoisotopic (exact) mass is 458 g/mol. The Morgan fingerprint density at radius 3 is 1.32 bits per heavy atom. The highest BCUT2D eigenvalue weighted by molar-refractivity contribution is 6.04. The number of carbonyl (C=O) groups is 4. The minimum absolute atomic E-state index is 0.110. The quantitative estimate of drug-likeness (QED) is 0.131. The Labute approximate surface area is 205 Å². The molecule has 0 fully saturated rings. The van der Waals surface area contributed by atoms with Gasteiger partial charge >= 0.3 is 0 Å². The molecule has 4 heteroatoms. The van der Waals surface area contributed by atoms with Crippen LogP contribution in [0.25, 0.3) is 0 Å². The summed E-state index contributed by atoms with van der Waals surface area (Å²) in [6, 6.07) is 0. The van der Waals surface area contributed by atoms with Crippen LogP contribution in [-0.2, 0) is 19.2 Å². The van der Waals surface area contributed by atoms with E-state index in [1.807, 2.05) is 11.8 Å². The van der Waals surface area contributed by atoms with Crippen LogP contribution in [0.1, 0.15) is 89.9 Å². The summed E-state index contributed by atoms with van der Waals surface area (Å²) in [5.41, 5.74) is 0. The Morgan fingerprint density at radius 2 is 0.941 bits per heavy atom. The predicted octanol–water partition coefficient (Wildman–Crippen LogP) is 5.11. The van der Waals surface area contributed by atoms with E-state index < -0.39 is 0 Å². The van der Waals surface area contributed by atoms with Gasteiger partial charge in [0.15, 0.2) is 0 Å². The smallest absolute Gasteiger partial charge is 0.228 e. The fraction of sp³-hybridized carbons (Fsp3) is 0.467. The molecule has 0 unspecified atom stereocenters. The lowest BCUT2D eigenvalue weighted by molar-refractivity contribution is -0.118. The number of carbonyl (C=O) groups excluding carboxylic acids is 4. The van der Waals surface area contributed by atoms with Crippen LogP contribution >= 0.6 is 0 Å². The Hall–Kier alpha value is -3.60. The Balaban J connectivity index is 3.71. The van der Waals surface area contributed by atoms with Gasteiger partial charge in [0.05, 0.1) is 0 Å². The number of hydrogen-bond acceptors (Lipinski definition) is 4. The minimum Gasteiger partial charge on any atom is -0.285 e. The molecule has 4 nitrogen and oxygen atoms in total. The van der Waals surface area contributed by atoms with E-state index >= 15 is 0 Å². The topological polar surface area (TPSA) is 68.3 Å². The molecule has 0 aliphatic rings. The molecule has 0 heterocycles. The van der Waals surface area contributed by atoms with Gasteiger partial charge in [-0.1, -0.05) is 49.7 Å². The summed E-state index contributed by atoms with van der Waals surface area (Å²) >= 11 is 0. The zero-order valence-electron chi connectivity index (χ0n) is 20.0. The van der Waals surface area contributed by atoms with Crippen molar-refractivity contribution in [3.8, 4) is 48.4 Å². The van der Waals surface area contributed by atoms with E-state index in [2.05, 4.69) is 23.7 Å². The molecule has 0 aliphatic carbocycles. The standard InChI is InChI=1S/C30H34O4/c1-3-27(31)21-17-13-9-5-7-11-15-19-23-29(33)25-26-30(34)24-20-16-12-8-6-10-14-18-22-28(32)4-2/h1-2,17-18,21-22H,5-16,25-26H2. The van der Waals surface area contributed by atoms with Gasteiger partial charge in [0.1, 0.15) is 0 Å². The highest BCUT2D eigenvalue weighted by Gasteiger charge is 2.02. The van der Waals surface area contributed by atoms with E-state index in [1.165, 1.54) is 12.2 Å². The molecule has 0 amide bonds. The maximum absolute atomic E-state index is 11.8. The van der Waals surface area contributed by atoms with E-state index in [-0.39, 0.29) is 36.0 Å². The predicted molar refractivity (Wildman–Crippen MR) is 136 cm³/mol. The van der Waals surface area contributed by atoms with Crippen LogP contribution in [0.5, 0.6) is 0 Å². The van der Waals surface area contributed by atoms with Crippen LogP contribution < -0.4 is 0 Å². The molecule has 34 heavy (non-hydrogen) atoms. The molecule has 0 aromatic carbocycles. The number of terminal acetylenes is 2. The molecule has 0 bridgehead atoms. The van der Waals surface area contributed by atoms with Crippen molar-refractivity contribution in [2.45, 2.75) is 89.9 Å². The van der Waals surface area contributed by atoms with Crippen LogP contribution in [-0.4, -0.2) is 23.1 Å². The highest BCUT2D eigenvalue weighted by atomic mass is 16.1. The number of Topliss-reactive ketones (excluding diaryl/α,β-unsaturated/α-hetero) is 2. The summed E-state index contributed by atoms with van der Waals surface area (Å²) in [7, 11) is 0. The fourth-order valence-corrected chi connectivity index (χ4v) is 2.81. The first-order chi connectivity index (χ1) is 16.5. The van der Waals surface area contributed by atoms with Gasteiger partial charge in [-0.25, -0.2) is 0 Å². The van der Waals surface area contributed by atoms with E-state index in [0.29, 0.717) is 12.8 Å². The molecule has 0 aliphatic heterocycles. The molecule has 0 aromatic rings. The minimum atomic E-state index is -0.307. The van der Waals surface area contributed by atoms with Gasteiger partial charge in [-0.2, -0.15) is 0 Å². The normalized spacial score (nSPS) is 9.94. The molecular formula is C30H34O4. The summed E-state index contributed by atoms with van der Waals surface area (Å²) in [4.78, 5) is 45.3. The van der Waals surface area contributed by atoms with E-state index in [1.54, 1.807) is 12.2 Å². The maximum atomic E-state index is 11.8. The van der Waals surface area contributed by atoms with Crippen molar-refractivity contribution < 1.29 is 19.2 Å². The van der Waals surface area contributed by atoms with Crippen LogP contribution in [0.3, 0.4) is 0 Å². The third kappa shape index (κ3) is 21.6. The molecule has 0 saturated heterocycles. The van der Waals surface area contributed by atoms with Crippen LogP contribution in [0.15, 0.2) is 24.3 Å². The van der Waals surface area contributed by atoms with Gasteiger partial charge in [-0.05, 0) is 74.4 Å². The Bertz CT molecular complexity index is 849. The number of rotatable bonds is 17. The molecule has 0 rings (SSSR count). The lowest BCUT2D eigenvalue weighted by Gasteiger charge is -1.96.